The SMILES string of the molecule is Cc1ccc(C)c(S(=O)(=O)Nc2ccccc2C(=O)N2CCN(Cc3c(C)noc3C)CC2)c1. The number of benzene rings is 2. The molecule has 0 spiro atoms. The Morgan fingerprint density at radius 1 is 1.03 bits per heavy atom. The molecule has 1 amide bonds. The van der Waals surface area contributed by atoms with Gasteiger partial charge in [0.05, 0.1) is 21.8 Å². The largest absolute Gasteiger partial charge is 0.361 e. The average Bonchev–Trinajstić information content (AvgIpc) is 3.13. The summed E-state index contributed by atoms with van der Waals surface area (Å²) in [5.41, 5.74) is 4.11. The Kier molecular flexibility index (Phi) is 6.77. The topological polar surface area (TPSA) is 95.8 Å². The fourth-order valence-corrected chi connectivity index (χ4v) is 5.60. The summed E-state index contributed by atoms with van der Waals surface area (Å²) in [6, 6.07) is 12.1. The molecule has 1 saturated heterocycles. The molecule has 1 aliphatic heterocycles. The predicted octanol–water partition coefficient (Wildman–Crippen LogP) is 3.67. The molecule has 1 aliphatic rings. The summed E-state index contributed by atoms with van der Waals surface area (Å²) in [6.45, 7) is 10.7. The van der Waals surface area contributed by atoms with Gasteiger partial charge in [-0.05, 0) is 57.0 Å². The second-order valence-corrected chi connectivity index (χ2v) is 10.4. The molecule has 8 nitrogen and oxygen atoms in total. The highest BCUT2D eigenvalue weighted by Crippen LogP contribution is 2.25. The van der Waals surface area contributed by atoms with Gasteiger partial charge in [-0.25, -0.2) is 8.42 Å². The number of aromatic nitrogens is 1. The van der Waals surface area contributed by atoms with Crippen molar-refractivity contribution in [2.24, 2.45) is 0 Å². The first-order chi connectivity index (χ1) is 16.2. The molecule has 180 valence electrons. The third-order valence-corrected chi connectivity index (χ3v) is 7.76. The van der Waals surface area contributed by atoms with Gasteiger partial charge in [0.25, 0.3) is 15.9 Å². The van der Waals surface area contributed by atoms with Crippen LogP contribution in [0.3, 0.4) is 0 Å². The number of nitrogens with zero attached hydrogens (tertiary/aromatic N) is 3. The van der Waals surface area contributed by atoms with E-state index < -0.39 is 10.0 Å². The van der Waals surface area contributed by atoms with Crippen molar-refractivity contribution in [1.82, 2.24) is 15.0 Å². The number of carbonyl (C=O) groups excluding carboxylic acids is 1. The first-order valence-electron chi connectivity index (χ1n) is 11.3. The number of para-hydroxylation sites is 1. The van der Waals surface area contributed by atoms with Crippen LogP contribution >= 0.6 is 0 Å². The van der Waals surface area contributed by atoms with Gasteiger partial charge in [-0.2, -0.15) is 0 Å². The van der Waals surface area contributed by atoms with E-state index in [0.29, 0.717) is 37.3 Å². The van der Waals surface area contributed by atoms with Crippen molar-refractivity contribution in [2.45, 2.75) is 39.1 Å². The van der Waals surface area contributed by atoms with Crippen LogP contribution in [-0.2, 0) is 16.6 Å². The van der Waals surface area contributed by atoms with E-state index >= 15 is 0 Å². The maximum absolute atomic E-state index is 13.3. The fourth-order valence-electron chi connectivity index (χ4n) is 4.19. The molecule has 4 rings (SSSR count). The van der Waals surface area contributed by atoms with Crippen LogP contribution in [0.4, 0.5) is 5.69 Å². The van der Waals surface area contributed by atoms with Crippen LogP contribution in [0.25, 0.3) is 0 Å². The lowest BCUT2D eigenvalue weighted by Crippen LogP contribution is -2.48. The van der Waals surface area contributed by atoms with E-state index in [1.165, 1.54) is 0 Å². The van der Waals surface area contributed by atoms with Crippen LogP contribution in [0.2, 0.25) is 0 Å². The van der Waals surface area contributed by atoms with Crippen LogP contribution in [0.15, 0.2) is 51.9 Å². The van der Waals surface area contributed by atoms with Gasteiger partial charge in [-0.3, -0.25) is 14.4 Å². The third kappa shape index (κ3) is 5.00. The number of sulfonamides is 1. The molecular weight excluding hydrogens is 452 g/mol. The first kappa shape index (κ1) is 24.0. The van der Waals surface area contributed by atoms with Gasteiger partial charge in [0.15, 0.2) is 0 Å². The highest BCUT2D eigenvalue weighted by molar-refractivity contribution is 7.92. The molecule has 2 heterocycles. The standard InChI is InChI=1S/C25H30N4O4S/c1-17-9-10-18(2)24(15-17)34(31,32)27-23-8-6-5-7-21(23)25(30)29-13-11-28(12-14-29)16-22-19(3)26-33-20(22)4/h5-10,15,27H,11-14,16H2,1-4H3. The smallest absolute Gasteiger partial charge is 0.262 e. The van der Waals surface area contributed by atoms with E-state index in [9.17, 15) is 13.2 Å². The molecule has 1 fully saturated rings. The van der Waals surface area contributed by atoms with Gasteiger partial charge in [0.1, 0.15) is 5.76 Å². The number of hydrogen-bond acceptors (Lipinski definition) is 6. The highest BCUT2D eigenvalue weighted by Gasteiger charge is 2.26. The highest BCUT2D eigenvalue weighted by atomic mass is 32.2. The summed E-state index contributed by atoms with van der Waals surface area (Å²) < 4.78 is 34.1. The zero-order valence-corrected chi connectivity index (χ0v) is 20.8. The summed E-state index contributed by atoms with van der Waals surface area (Å²) in [7, 11) is -3.84. The molecule has 1 N–H and O–H groups in total. The number of hydrogen-bond donors (Lipinski definition) is 1. The Bertz CT molecular complexity index is 1290. The number of rotatable bonds is 6. The predicted molar refractivity (Wildman–Crippen MR) is 130 cm³/mol. The van der Waals surface area contributed by atoms with Crippen molar-refractivity contribution in [3.05, 3.63) is 76.2 Å². The number of nitrogens with one attached hydrogen (secondary N) is 1. The van der Waals surface area contributed by atoms with Crippen molar-refractivity contribution in [2.75, 3.05) is 30.9 Å². The van der Waals surface area contributed by atoms with Crippen molar-refractivity contribution in [3.63, 3.8) is 0 Å². The minimum absolute atomic E-state index is 0.184. The Morgan fingerprint density at radius 3 is 2.41 bits per heavy atom. The molecule has 0 atom stereocenters. The van der Waals surface area contributed by atoms with Gasteiger partial charge < -0.3 is 9.42 Å². The van der Waals surface area contributed by atoms with Crippen LogP contribution in [0, 0.1) is 27.7 Å². The van der Waals surface area contributed by atoms with Crippen LogP contribution < -0.4 is 4.72 Å². The molecule has 0 bridgehead atoms. The van der Waals surface area contributed by atoms with Crippen molar-refractivity contribution >= 4 is 21.6 Å². The average molecular weight is 483 g/mol. The summed E-state index contributed by atoms with van der Waals surface area (Å²) in [4.78, 5) is 17.6. The maximum Gasteiger partial charge on any atom is 0.262 e. The van der Waals surface area contributed by atoms with E-state index in [0.717, 1.165) is 29.1 Å². The normalized spacial score (nSPS) is 14.9. The molecular formula is C25H30N4O4S. The van der Waals surface area contributed by atoms with E-state index in [1.54, 1.807) is 48.2 Å². The van der Waals surface area contributed by atoms with E-state index in [2.05, 4.69) is 14.8 Å². The quantitative estimate of drug-likeness (QED) is 0.576. The number of aryl methyl sites for hydroxylation is 4. The van der Waals surface area contributed by atoms with Gasteiger partial charge in [0, 0.05) is 38.3 Å². The lowest BCUT2D eigenvalue weighted by molar-refractivity contribution is 0.0628. The Hall–Kier alpha value is -3.17. The van der Waals surface area contributed by atoms with Crippen LogP contribution in [0.1, 0.15) is 38.5 Å². The summed E-state index contributed by atoms with van der Waals surface area (Å²) in [6.07, 6.45) is 0. The Labute approximate surface area is 200 Å². The molecule has 3 aromatic rings. The number of carbonyl (C=O) groups is 1. The van der Waals surface area contributed by atoms with Crippen molar-refractivity contribution in [1.29, 1.82) is 0 Å². The second kappa shape index (κ2) is 9.60. The van der Waals surface area contributed by atoms with Gasteiger partial charge in [-0.15, -0.1) is 0 Å². The Morgan fingerprint density at radius 2 is 1.74 bits per heavy atom. The first-order valence-corrected chi connectivity index (χ1v) is 12.8. The van der Waals surface area contributed by atoms with Crippen molar-refractivity contribution in [3.8, 4) is 0 Å². The second-order valence-electron chi connectivity index (χ2n) is 8.79. The van der Waals surface area contributed by atoms with Gasteiger partial charge in [0.2, 0.25) is 0 Å². The molecule has 34 heavy (non-hydrogen) atoms. The van der Waals surface area contributed by atoms with Crippen LogP contribution in [0.5, 0.6) is 0 Å². The monoisotopic (exact) mass is 482 g/mol. The zero-order chi connectivity index (χ0) is 24.5. The summed E-state index contributed by atoms with van der Waals surface area (Å²) >= 11 is 0. The van der Waals surface area contributed by atoms with Crippen LogP contribution in [-0.4, -0.2) is 55.5 Å². The fraction of sp³-hybridized carbons (Fsp3) is 0.360. The maximum atomic E-state index is 13.3. The van der Waals surface area contributed by atoms with Crippen molar-refractivity contribution < 1.29 is 17.7 Å². The van der Waals surface area contributed by atoms with E-state index in [-0.39, 0.29) is 16.5 Å². The van der Waals surface area contributed by atoms with E-state index in [1.807, 2.05) is 26.8 Å². The summed E-state index contributed by atoms with van der Waals surface area (Å²) in [5, 5.41) is 4.01. The zero-order valence-electron chi connectivity index (χ0n) is 20.0. The minimum Gasteiger partial charge on any atom is -0.361 e. The van der Waals surface area contributed by atoms with E-state index in [4.69, 9.17) is 4.52 Å². The van der Waals surface area contributed by atoms with Gasteiger partial charge >= 0.3 is 0 Å². The molecule has 0 saturated carbocycles. The molecule has 1 aromatic heterocycles. The molecule has 0 radical (unpaired) electrons. The lowest BCUT2D eigenvalue weighted by Gasteiger charge is -2.35. The number of anilines is 1. The minimum atomic E-state index is -3.84. The number of amides is 1. The number of piperazine rings is 1. The lowest BCUT2D eigenvalue weighted by atomic mass is 10.1. The third-order valence-electron chi connectivity index (χ3n) is 6.26. The molecule has 0 unspecified atom stereocenters. The summed E-state index contributed by atoms with van der Waals surface area (Å²) in [5.74, 6) is 0.636. The molecule has 0 aliphatic carbocycles. The van der Waals surface area contributed by atoms with Gasteiger partial charge in [-0.1, -0.05) is 29.4 Å². The molecule has 9 heteroatoms. The molecule has 2 aromatic carbocycles. The Balaban J connectivity index is 1.47.